The fraction of sp³-hybridized carbons (Fsp3) is 0.333. The zero-order valence-electron chi connectivity index (χ0n) is 16.0. The van der Waals surface area contributed by atoms with Crippen LogP contribution in [0.2, 0.25) is 10.0 Å². The van der Waals surface area contributed by atoms with E-state index in [1.165, 1.54) is 11.8 Å². The maximum absolute atomic E-state index is 12.5. The molecule has 2 amide bonds. The number of amides is 2. The predicted molar refractivity (Wildman–Crippen MR) is 124 cm³/mol. The second kappa shape index (κ2) is 10.6. The number of rotatable bonds is 6. The highest BCUT2D eigenvalue weighted by Crippen LogP contribution is 2.33. The number of nitrogens with zero attached hydrogens (tertiary/aromatic N) is 1. The van der Waals surface area contributed by atoms with Crippen LogP contribution >= 0.6 is 46.7 Å². The Morgan fingerprint density at radius 1 is 1.14 bits per heavy atom. The molecule has 4 nitrogen and oxygen atoms in total. The van der Waals surface area contributed by atoms with Crippen molar-refractivity contribution >= 4 is 64.2 Å². The van der Waals surface area contributed by atoms with Crippen molar-refractivity contribution in [2.75, 3.05) is 29.9 Å². The Bertz CT molecular complexity index is 871. The first-order valence-electron chi connectivity index (χ1n) is 9.29. The number of carbonyl (C=O) groups excluding carboxylic acids is 2. The molecule has 1 fully saturated rings. The molecule has 1 heterocycles. The third kappa shape index (κ3) is 6.57. The second-order valence-electron chi connectivity index (χ2n) is 6.69. The third-order valence-corrected chi connectivity index (χ3v) is 7.29. The molecule has 1 N–H and O–H groups in total. The van der Waals surface area contributed by atoms with Gasteiger partial charge in [0.15, 0.2) is 0 Å². The molecule has 0 saturated carbocycles. The van der Waals surface area contributed by atoms with Crippen molar-refractivity contribution in [1.82, 2.24) is 4.90 Å². The van der Waals surface area contributed by atoms with E-state index in [1.807, 2.05) is 47.9 Å². The minimum atomic E-state index is -0.343. The number of nitrogens with one attached hydrogen (secondary N) is 1. The highest BCUT2D eigenvalue weighted by atomic mass is 35.5. The summed E-state index contributed by atoms with van der Waals surface area (Å²) in [6, 6.07) is 12.6. The van der Waals surface area contributed by atoms with E-state index in [-0.39, 0.29) is 17.1 Å². The first-order chi connectivity index (χ1) is 13.9. The van der Waals surface area contributed by atoms with Crippen molar-refractivity contribution < 1.29 is 9.59 Å². The Kier molecular flexibility index (Phi) is 8.18. The monoisotopic (exact) mass is 468 g/mol. The van der Waals surface area contributed by atoms with E-state index in [2.05, 4.69) is 5.32 Å². The van der Waals surface area contributed by atoms with E-state index >= 15 is 0 Å². The summed E-state index contributed by atoms with van der Waals surface area (Å²) in [6.45, 7) is 3.47. The molecule has 154 valence electrons. The van der Waals surface area contributed by atoms with E-state index < -0.39 is 0 Å². The van der Waals surface area contributed by atoms with Crippen molar-refractivity contribution in [3.8, 4) is 0 Å². The van der Waals surface area contributed by atoms with Crippen LogP contribution in [0.5, 0.6) is 0 Å². The van der Waals surface area contributed by atoms with Crippen LogP contribution in [0.3, 0.4) is 0 Å². The lowest BCUT2D eigenvalue weighted by atomic mass is 10.1. The van der Waals surface area contributed by atoms with Crippen LogP contribution in [0.4, 0.5) is 5.69 Å². The van der Waals surface area contributed by atoms with Gasteiger partial charge < -0.3 is 10.2 Å². The average molecular weight is 469 g/mol. The van der Waals surface area contributed by atoms with Gasteiger partial charge in [-0.25, -0.2) is 0 Å². The Hall–Kier alpha value is -1.34. The average Bonchev–Trinajstić information content (AvgIpc) is 2.72. The van der Waals surface area contributed by atoms with E-state index in [0.717, 1.165) is 35.1 Å². The number of benzene rings is 2. The topological polar surface area (TPSA) is 49.4 Å². The molecule has 1 aliphatic rings. The van der Waals surface area contributed by atoms with Crippen molar-refractivity contribution in [2.45, 2.75) is 23.5 Å². The molecule has 0 aliphatic carbocycles. The fourth-order valence-electron chi connectivity index (χ4n) is 2.86. The minimum absolute atomic E-state index is 0.124. The van der Waals surface area contributed by atoms with E-state index in [0.29, 0.717) is 22.2 Å². The van der Waals surface area contributed by atoms with E-state index in [9.17, 15) is 9.59 Å². The molecule has 0 radical (unpaired) electrons. The molecule has 1 saturated heterocycles. The van der Waals surface area contributed by atoms with Gasteiger partial charge in [0.25, 0.3) is 0 Å². The predicted octanol–water partition coefficient (Wildman–Crippen LogP) is 5.23. The van der Waals surface area contributed by atoms with Crippen LogP contribution in [-0.2, 0) is 16.0 Å². The summed E-state index contributed by atoms with van der Waals surface area (Å²) >= 11 is 15.4. The maximum Gasteiger partial charge on any atom is 0.237 e. The smallest absolute Gasteiger partial charge is 0.237 e. The molecule has 0 bridgehead atoms. The maximum atomic E-state index is 12.5. The van der Waals surface area contributed by atoms with Crippen LogP contribution < -0.4 is 5.32 Å². The summed E-state index contributed by atoms with van der Waals surface area (Å²) in [5.74, 6) is 2.05. The summed E-state index contributed by atoms with van der Waals surface area (Å²) in [4.78, 5) is 27.6. The number of carbonyl (C=O) groups is 2. The Morgan fingerprint density at radius 3 is 2.52 bits per heavy atom. The first kappa shape index (κ1) is 22.3. The standard InChI is InChI=1S/C21H22Cl2N2O2S2/c1-14(29-19-13-16(22)4-7-18(19)23)21(27)24-17-5-2-15(3-6-17)12-20(26)25-8-10-28-11-9-25/h2-7,13-14H,8-12H2,1H3,(H,24,27). The molecular formula is C21H22Cl2N2O2S2. The Labute approximate surface area is 189 Å². The van der Waals surface area contributed by atoms with Crippen LogP contribution in [0.15, 0.2) is 47.4 Å². The molecule has 1 aliphatic heterocycles. The quantitative estimate of drug-likeness (QED) is 0.589. The van der Waals surface area contributed by atoms with Gasteiger partial charge in [-0.3, -0.25) is 9.59 Å². The molecule has 29 heavy (non-hydrogen) atoms. The lowest BCUT2D eigenvalue weighted by Crippen LogP contribution is -2.38. The molecule has 1 atom stereocenters. The molecule has 0 aromatic heterocycles. The number of hydrogen-bond acceptors (Lipinski definition) is 4. The summed E-state index contributed by atoms with van der Waals surface area (Å²) in [5.41, 5.74) is 1.64. The van der Waals surface area contributed by atoms with Gasteiger partial charge in [0.1, 0.15) is 0 Å². The summed E-state index contributed by atoms with van der Waals surface area (Å²) in [5, 5.41) is 3.71. The first-order valence-corrected chi connectivity index (χ1v) is 12.1. The largest absolute Gasteiger partial charge is 0.341 e. The Morgan fingerprint density at radius 2 is 1.83 bits per heavy atom. The van der Waals surface area contributed by atoms with Gasteiger partial charge in [0, 0.05) is 40.2 Å². The highest BCUT2D eigenvalue weighted by Gasteiger charge is 2.18. The lowest BCUT2D eigenvalue weighted by Gasteiger charge is -2.26. The van der Waals surface area contributed by atoms with Crippen molar-refractivity contribution in [3.05, 3.63) is 58.1 Å². The summed E-state index contributed by atoms with van der Waals surface area (Å²) in [6.07, 6.45) is 0.387. The normalized spacial score (nSPS) is 15.1. The molecule has 2 aromatic rings. The molecule has 1 unspecified atom stereocenters. The third-order valence-electron chi connectivity index (χ3n) is 4.51. The zero-order valence-corrected chi connectivity index (χ0v) is 19.1. The number of halogens is 2. The summed E-state index contributed by atoms with van der Waals surface area (Å²) < 4.78 is 0. The van der Waals surface area contributed by atoms with Gasteiger partial charge in [-0.1, -0.05) is 35.3 Å². The van der Waals surface area contributed by atoms with Gasteiger partial charge in [-0.2, -0.15) is 11.8 Å². The van der Waals surface area contributed by atoms with Gasteiger partial charge in [0.2, 0.25) is 11.8 Å². The SMILES string of the molecule is CC(Sc1cc(Cl)ccc1Cl)C(=O)Nc1ccc(CC(=O)N2CCSCC2)cc1. The zero-order chi connectivity index (χ0) is 20.8. The van der Waals surface area contributed by atoms with Crippen LogP contribution in [-0.4, -0.2) is 46.6 Å². The van der Waals surface area contributed by atoms with Crippen molar-refractivity contribution in [1.29, 1.82) is 0 Å². The van der Waals surface area contributed by atoms with E-state index in [4.69, 9.17) is 23.2 Å². The van der Waals surface area contributed by atoms with Crippen molar-refractivity contribution in [2.24, 2.45) is 0 Å². The molecule has 0 spiro atoms. The number of hydrogen-bond donors (Lipinski definition) is 1. The van der Waals surface area contributed by atoms with Gasteiger partial charge in [-0.15, -0.1) is 11.8 Å². The van der Waals surface area contributed by atoms with Gasteiger partial charge in [0.05, 0.1) is 16.7 Å². The number of thioether (sulfide) groups is 2. The molecule has 2 aromatic carbocycles. The fourth-order valence-corrected chi connectivity index (χ4v) is 5.17. The lowest BCUT2D eigenvalue weighted by molar-refractivity contribution is -0.130. The van der Waals surface area contributed by atoms with E-state index in [1.54, 1.807) is 18.2 Å². The molecule has 8 heteroatoms. The summed E-state index contributed by atoms with van der Waals surface area (Å²) in [7, 11) is 0. The minimum Gasteiger partial charge on any atom is -0.341 e. The molecular weight excluding hydrogens is 447 g/mol. The van der Waals surface area contributed by atoms with Gasteiger partial charge >= 0.3 is 0 Å². The van der Waals surface area contributed by atoms with Gasteiger partial charge in [-0.05, 0) is 42.8 Å². The van der Waals surface area contributed by atoms with Crippen molar-refractivity contribution in [3.63, 3.8) is 0 Å². The van der Waals surface area contributed by atoms with Crippen LogP contribution in [0.25, 0.3) is 0 Å². The van der Waals surface area contributed by atoms with Crippen LogP contribution in [0, 0.1) is 0 Å². The number of anilines is 1. The van der Waals surface area contributed by atoms with Crippen LogP contribution in [0.1, 0.15) is 12.5 Å². The second-order valence-corrected chi connectivity index (χ2v) is 10.1. The molecule has 3 rings (SSSR count). The highest BCUT2D eigenvalue weighted by molar-refractivity contribution is 8.00. The Balaban J connectivity index is 1.53.